The van der Waals surface area contributed by atoms with Crippen molar-refractivity contribution >= 4 is 37.1 Å². The first-order chi connectivity index (χ1) is 8.53. The Bertz CT molecular complexity index is 498. The van der Waals surface area contributed by atoms with Crippen molar-refractivity contribution in [1.82, 2.24) is 5.32 Å². The Morgan fingerprint density at radius 1 is 1.56 bits per heavy atom. The number of nitrogens with one attached hydrogen (secondary N) is 1. The summed E-state index contributed by atoms with van der Waals surface area (Å²) in [6.07, 6.45) is 3.42. The molecule has 0 bridgehead atoms. The molecule has 1 aliphatic rings. The van der Waals surface area contributed by atoms with E-state index in [4.69, 9.17) is 0 Å². The normalized spacial score (nSPS) is 24.9. The molecule has 1 aromatic rings. The lowest BCUT2D eigenvalue weighted by Crippen LogP contribution is -2.46. The van der Waals surface area contributed by atoms with E-state index in [1.807, 2.05) is 12.4 Å². The molecule has 18 heavy (non-hydrogen) atoms. The number of hydrogen-bond donors (Lipinski definition) is 1. The van der Waals surface area contributed by atoms with Crippen molar-refractivity contribution in [2.24, 2.45) is 0 Å². The molecule has 0 spiro atoms. The maximum absolute atomic E-state index is 12.1. The Morgan fingerprint density at radius 3 is 2.89 bits per heavy atom. The van der Waals surface area contributed by atoms with E-state index in [9.17, 15) is 8.42 Å². The number of hydrogen-bond acceptors (Lipinski definition) is 4. The van der Waals surface area contributed by atoms with Crippen molar-refractivity contribution in [3.63, 3.8) is 0 Å². The Labute approximate surface area is 121 Å². The minimum absolute atomic E-state index is 0.0286. The maximum atomic E-state index is 12.1. The van der Waals surface area contributed by atoms with E-state index < -0.39 is 9.84 Å². The van der Waals surface area contributed by atoms with E-state index in [1.165, 1.54) is 4.88 Å². The summed E-state index contributed by atoms with van der Waals surface area (Å²) >= 11 is 5.11. The highest BCUT2D eigenvalue weighted by molar-refractivity contribution is 9.10. The second-order valence-corrected chi connectivity index (χ2v) is 8.98. The van der Waals surface area contributed by atoms with E-state index in [0.717, 1.165) is 30.2 Å². The van der Waals surface area contributed by atoms with Crippen LogP contribution in [0.5, 0.6) is 0 Å². The standard InChI is InChI=1S/C12H18BrNO2S2/c1-14-11(7-10-6-9(13)8-17-10)12-4-2-3-5-18(12,15)16/h6,8,11-12,14H,2-5,7H2,1H3. The molecule has 1 aliphatic heterocycles. The highest BCUT2D eigenvalue weighted by Crippen LogP contribution is 2.27. The minimum atomic E-state index is -2.92. The van der Waals surface area contributed by atoms with Gasteiger partial charge in [0.15, 0.2) is 9.84 Å². The van der Waals surface area contributed by atoms with Gasteiger partial charge in [0.2, 0.25) is 0 Å². The van der Waals surface area contributed by atoms with Crippen LogP contribution in [0.15, 0.2) is 15.9 Å². The number of thiophene rings is 1. The lowest BCUT2D eigenvalue weighted by atomic mass is 10.0. The van der Waals surface area contributed by atoms with Gasteiger partial charge in [0.1, 0.15) is 0 Å². The fraction of sp³-hybridized carbons (Fsp3) is 0.667. The summed E-state index contributed by atoms with van der Waals surface area (Å²) in [5.41, 5.74) is 0. The van der Waals surface area contributed by atoms with E-state index in [1.54, 1.807) is 11.3 Å². The van der Waals surface area contributed by atoms with Crippen LogP contribution in [-0.2, 0) is 16.3 Å². The number of sulfone groups is 1. The van der Waals surface area contributed by atoms with Crippen LogP contribution in [0.4, 0.5) is 0 Å². The van der Waals surface area contributed by atoms with E-state index in [0.29, 0.717) is 5.75 Å². The molecule has 6 heteroatoms. The third-order valence-corrected chi connectivity index (χ3v) is 7.56. The van der Waals surface area contributed by atoms with Crippen LogP contribution < -0.4 is 5.32 Å². The Morgan fingerprint density at radius 2 is 2.33 bits per heavy atom. The van der Waals surface area contributed by atoms with Crippen LogP contribution in [0.3, 0.4) is 0 Å². The molecule has 0 aliphatic carbocycles. The lowest BCUT2D eigenvalue weighted by molar-refractivity contribution is 0.458. The van der Waals surface area contributed by atoms with Crippen LogP contribution in [0.1, 0.15) is 24.1 Å². The summed E-state index contributed by atoms with van der Waals surface area (Å²) in [5, 5.41) is 5.01. The van der Waals surface area contributed by atoms with E-state index in [-0.39, 0.29) is 11.3 Å². The molecule has 2 heterocycles. The van der Waals surface area contributed by atoms with Crippen LogP contribution in [0.25, 0.3) is 0 Å². The summed E-state index contributed by atoms with van der Waals surface area (Å²) in [6, 6.07) is 2.10. The summed E-state index contributed by atoms with van der Waals surface area (Å²) in [6.45, 7) is 0. The molecule has 2 atom stereocenters. The highest BCUT2D eigenvalue weighted by Gasteiger charge is 2.34. The van der Waals surface area contributed by atoms with Gasteiger partial charge in [-0.3, -0.25) is 0 Å². The maximum Gasteiger partial charge on any atom is 0.154 e. The molecule has 0 saturated carbocycles. The summed E-state index contributed by atoms with van der Waals surface area (Å²) in [7, 11) is -1.06. The van der Waals surface area contributed by atoms with Gasteiger partial charge < -0.3 is 5.32 Å². The fourth-order valence-electron chi connectivity index (χ4n) is 2.53. The molecular formula is C12H18BrNO2S2. The zero-order chi connectivity index (χ0) is 13.2. The third-order valence-electron chi connectivity index (χ3n) is 3.49. The Balaban J connectivity index is 2.12. The molecule has 3 nitrogen and oxygen atoms in total. The zero-order valence-corrected chi connectivity index (χ0v) is 13.6. The van der Waals surface area contributed by atoms with Gasteiger partial charge in [-0.05, 0) is 48.3 Å². The van der Waals surface area contributed by atoms with Gasteiger partial charge >= 0.3 is 0 Å². The quantitative estimate of drug-likeness (QED) is 0.906. The molecule has 0 amide bonds. The van der Waals surface area contributed by atoms with Gasteiger partial charge in [-0.15, -0.1) is 11.3 Å². The van der Waals surface area contributed by atoms with Crippen molar-refractivity contribution < 1.29 is 8.42 Å². The number of likely N-dealkylation sites (N-methyl/N-ethyl adjacent to an activating group) is 1. The predicted molar refractivity (Wildman–Crippen MR) is 80.0 cm³/mol. The minimum Gasteiger partial charge on any atom is -0.315 e. The van der Waals surface area contributed by atoms with Gasteiger partial charge in [-0.25, -0.2) is 8.42 Å². The summed E-state index contributed by atoms with van der Waals surface area (Å²) in [4.78, 5) is 1.22. The van der Waals surface area contributed by atoms with Crippen LogP contribution in [-0.4, -0.2) is 32.5 Å². The smallest absolute Gasteiger partial charge is 0.154 e. The molecule has 102 valence electrons. The molecule has 0 radical (unpaired) electrons. The molecule has 2 rings (SSSR count). The van der Waals surface area contributed by atoms with Gasteiger partial charge in [0.05, 0.1) is 11.0 Å². The van der Waals surface area contributed by atoms with Crippen LogP contribution >= 0.6 is 27.3 Å². The first-order valence-corrected chi connectivity index (χ1v) is 9.53. The summed E-state index contributed by atoms with van der Waals surface area (Å²) in [5.74, 6) is 0.351. The molecule has 2 unspecified atom stereocenters. The largest absolute Gasteiger partial charge is 0.315 e. The third kappa shape index (κ3) is 3.35. The van der Waals surface area contributed by atoms with Gasteiger partial charge in [0.25, 0.3) is 0 Å². The van der Waals surface area contributed by atoms with Crippen LogP contribution in [0.2, 0.25) is 0 Å². The van der Waals surface area contributed by atoms with Crippen LogP contribution in [0, 0.1) is 0 Å². The van der Waals surface area contributed by atoms with Crippen molar-refractivity contribution in [1.29, 1.82) is 0 Å². The topological polar surface area (TPSA) is 46.2 Å². The first kappa shape index (κ1) is 14.5. The fourth-order valence-corrected chi connectivity index (χ4v) is 6.21. The SMILES string of the molecule is CNC(Cc1cc(Br)cs1)C1CCCCS1(=O)=O. The zero-order valence-electron chi connectivity index (χ0n) is 10.4. The van der Waals surface area contributed by atoms with Gasteiger partial charge in [-0.1, -0.05) is 6.42 Å². The second kappa shape index (κ2) is 6.03. The number of rotatable bonds is 4. The number of halogens is 1. The average molecular weight is 352 g/mol. The molecule has 1 N–H and O–H groups in total. The van der Waals surface area contributed by atoms with Gasteiger partial charge in [-0.2, -0.15) is 0 Å². The highest BCUT2D eigenvalue weighted by atomic mass is 79.9. The van der Waals surface area contributed by atoms with Crippen molar-refractivity contribution in [3.05, 3.63) is 20.8 Å². The molecule has 1 aromatic heterocycles. The average Bonchev–Trinajstić information content (AvgIpc) is 2.72. The van der Waals surface area contributed by atoms with E-state index in [2.05, 4.69) is 27.3 Å². The first-order valence-electron chi connectivity index (χ1n) is 6.14. The summed E-state index contributed by atoms with van der Waals surface area (Å²) < 4.78 is 25.3. The van der Waals surface area contributed by atoms with Crippen molar-refractivity contribution in [2.45, 2.75) is 37.0 Å². The molecule has 1 saturated heterocycles. The van der Waals surface area contributed by atoms with E-state index >= 15 is 0 Å². The molecule has 1 fully saturated rings. The Hall–Kier alpha value is 0.0900. The van der Waals surface area contributed by atoms with Crippen molar-refractivity contribution in [2.75, 3.05) is 12.8 Å². The second-order valence-electron chi connectivity index (χ2n) is 4.73. The van der Waals surface area contributed by atoms with Gasteiger partial charge in [0, 0.05) is 20.8 Å². The molecule has 0 aromatic carbocycles. The molecular weight excluding hydrogens is 334 g/mol. The monoisotopic (exact) mass is 351 g/mol. The predicted octanol–water partition coefficient (Wildman–Crippen LogP) is 2.61. The Kier molecular flexibility index (Phi) is 4.86. The lowest BCUT2D eigenvalue weighted by Gasteiger charge is -2.29. The van der Waals surface area contributed by atoms with Crippen molar-refractivity contribution in [3.8, 4) is 0 Å².